The summed E-state index contributed by atoms with van der Waals surface area (Å²) in [5.41, 5.74) is 1.80. The van der Waals surface area contributed by atoms with Crippen molar-refractivity contribution in [2.45, 2.75) is 57.6 Å². The van der Waals surface area contributed by atoms with Crippen molar-refractivity contribution in [1.82, 2.24) is 5.32 Å². The van der Waals surface area contributed by atoms with E-state index in [0.29, 0.717) is 5.56 Å². The summed E-state index contributed by atoms with van der Waals surface area (Å²) in [5, 5.41) is 4.73. The first-order valence-corrected chi connectivity index (χ1v) is 8.13. The fourth-order valence-corrected chi connectivity index (χ4v) is 3.60. The predicted octanol–water partition coefficient (Wildman–Crippen LogP) is 2.45. The van der Waals surface area contributed by atoms with Crippen LogP contribution in [0.3, 0.4) is 0 Å². The first-order valence-electron chi connectivity index (χ1n) is 7.25. The Kier molecular flexibility index (Phi) is 3.78. The number of thiophene rings is 1. The second kappa shape index (κ2) is 5.56. The second-order valence-electron chi connectivity index (χ2n) is 5.59. The summed E-state index contributed by atoms with van der Waals surface area (Å²) < 4.78 is 5.31. The zero-order valence-corrected chi connectivity index (χ0v) is 12.4. The Balaban J connectivity index is 1.63. The molecule has 0 saturated heterocycles. The molecule has 1 amide bonds. The number of amides is 1. The summed E-state index contributed by atoms with van der Waals surface area (Å²) in [5.74, 6) is -0.548. The smallest absolute Gasteiger partial charge is 0.340 e. The van der Waals surface area contributed by atoms with Crippen molar-refractivity contribution in [1.29, 1.82) is 0 Å². The Morgan fingerprint density at radius 3 is 2.85 bits per heavy atom. The number of esters is 1. The molecule has 2 aliphatic rings. The third-order valence-electron chi connectivity index (χ3n) is 3.86. The Bertz CT molecular complexity index is 533. The largest absolute Gasteiger partial charge is 0.449 e. The van der Waals surface area contributed by atoms with E-state index in [9.17, 15) is 9.59 Å². The molecule has 1 saturated carbocycles. The van der Waals surface area contributed by atoms with Crippen LogP contribution in [0.1, 0.15) is 53.4 Å². The van der Waals surface area contributed by atoms with Crippen LogP contribution in [0, 0.1) is 0 Å². The molecule has 3 rings (SSSR count). The number of hydrogen-bond donors (Lipinski definition) is 1. The van der Waals surface area contributed by atoms with E-state index in [0.717, 1.165) is 37.7 Å². The van der Waals surface area contributed by atoms with Gasteiger partial charge in [-0.3, -0.25) is 4.79 Å². The average Bonchev–Trinajstić information content (AvgIpc) is 3.14. The van der Waals surface area contributed by atoms with Crippen LogP contribution in [0.25, 0.3) is 0 Å². The van der Waals surface area contributed by atoms with Gasteiger partial charge in [-0.1, -0.05) is 0 Å². The van der Waals surface area contributed by atoms with Gasteiger partial charge in [0.15, 0.2) is 6.10 Å². The van der Waals surface area contributed by atoms with Crippen molar-refractivity contribution in [3.05, 3.63) is 21.4 Å². The molecule has 1 heterocycles. The second-order valence-corrected chi connectivity index (χ2v) is 6.55. The highest BCUT2D eigenvalue weighted by Crippen LogP contribution is 2.30. The van der Waals surface area contributed by atoms with Gasteiger partial charge in [-0.15, -0.1) is 11.3 Å². The standard InChI is InChI=1S/C15H19NO3S/c1-9(14(17)16-10-6-7-10)19-15(18)12-8-20-13-5-3-2-4-11(12)13/h8-10H,2-7H2,1H3,(H,16,17)/t9-/m0/s1. The van der Waals surface area contributed by atoms with Gasteiger partial charge in [0.2, 0.25) is 0 Å². The molecule has 0 unspecified atom stereocenters. The lowest BCUT2D eigenvalue weighted by atomic mass is 9.96. The van der Waals surface area contributed by atoms with E-state index < -0.39 is 6.10 Å². The predicted molar refractivity (Wildman–Crippen MR) is 77.0 cm³/mol. The number of carbonyl (C=O) groups is 2. The van der Waals surface area contributed by atoms with Crippen LogP contribution in [0.5, 0.6) is 0 Å². The van der Waals surface area contributed by atoms with Gasteiger partial charge >= 0.3 is 5.97 Å². The lowest BCUT2D eigenvalue weighted by molar-refractivity contribution is -0.129. The maximum Gasteiger partial charge on any atom is 0.340 e. The fourth-order valence-electron chi connectivity index (χ4n) is 2.49. The maximum absolute atomic E-state index is 12.2. The van der Waals surface area contributed by atoms with Gasteiger partial charge in [0.25, 0.3) is 5.91 Å². The van der Waals surface area contributed by atoms with Crippen molar-refractivity contribution < 1.29 is 14.3 Å². The molecule has 0 aromatic carbocycles. The molecule has 1 aromatic heterocycles. The molecular formula is C15H19NO3S. The van der Waals surface area contributed by atoms with Crippen molar-refractivity contribution in [2.24, 2.45) is 0 Å². The van der Waals surface area contributed by atoms with Gasteiger partial charge in [0.1, 0.15) is 0 Å². The summed E-state index contributed by atoms with van der Waals surface area (Å²) in [6.07, 6.45) is 5.68. The number of fused-ring (bicyclic) bond motifs is 1. The third-order valence-corrected chi connectivity index (χ3v) is 4.95. The minimum atomic E-state index is -0.720. The minimum absolute atomic E-state index is 0.190. The van der Waals surface area contributed by atoms with Crippen LogP contribution in [0.2, 0.25) is 0 Å². The van der Waals surface area contributed by atoms with Crippen LogP contribution in [0.4, 0.5) is 0 Å². The molecule has 1 atom stereocenters. The monoisotopic (exact) mass is 293 g/mol. The molecule has 5 heteroatoms. The SMILES string of the molecule is C[C@H](OC(=O)c1csc2c1CCCC2)C(=O)NC1CC1. The van der Waals surface area contributed by atoms with Gasteiger partial charge in [-0.2, -0.15) is 0 Å². The van der Waals surface area contributed by atoms with E-state index in [1.807, 2.05) is 5.38 Å². The van der Waals surface area contributed by atoms with Gasteiger partial charge in [0, 0.05) is 16.3 Å². The first kappa shape index (κ1) is 13.6. The summed E-state index contributed by atoms with van der Waals surface area (Å²) in [6.45, 7) is 1.63. The Hall–Kier alpha value is -1.36. The van der Waals surface area contributed by atoms with E-state index in [-0.39, 0.29) is 17.9 Å². The topological polar surface area (TPSA) is 55.4 Å². The highest BCUT2D eigenvalue weighted by atomic mass is 32.1. The summed E-state index contributed by atoms with van der Waals surface area (Å²) in [7, 11) is 0. The fraction of sp³-hybridized carbons (Fsp3) is 0.600. The molecule has 0 spiro atoms. The normalized spacial score (nSPS) is 19.1. The Labute approximate surface area is 122 Å². The van der Waals surface area contributed by atoms with Crippen molar-refractivity contribution in [3.8, 4) is 0 Å². The summed E-state index contributed by atoms with van der Waals surface area (Å²) >= 11 is 1.64. The number of nitrogens with one attached hydrogen (secondary N) is 1. The van der Waals surface area contributed by atoms with Gasteiger partial charge in [-0.05, 0) is 51.0 Å². The van der Waals surface area contributed by atoms with E-state index in [1.165, 1.54) is 11.3 Å². The van der Waals surface area contributed by atoms with Crippen LogP contribution in [0.15, 0.2) is 5.38 Å². The quantitative estimate of drug-likeness (QED) is 0.868. The number of hydrogen-bond acceptors (Lipinski definition) is 4. The summed E-state index contributed by atoms with van der Waals surface area (Å²) in [4.78, 5) is 25.3. The van der Waals surface area contributed by atoms with Gasteiger partial charge in [-0.25, -0.2) is 4.79 Å². The minimum Gasteiger partial charge on any atom is -0.449 e. The lowest BCUT2D eigenvalue weighted by Crippen LogP contribution is -2.37. The zero-order chi connectivity index (χ0) is 14.1. The number of carbonyl (C=O) groups excluding carboxylic acids is 2. The van der Waals surface area contributed by atoms with Crippen molar-refractivity contribution in [3.63, 3.8) is 0 Å². The molecule has 0 bridgehead atoms. The molecule has 1 N–H and O–H groups in total. The molecular weight excluding hydrogens is 274 g/mol. The van der Waals surface area contributed by atoms with Gasteiger partial charge < -0.3 is 10.1 Å². The number of aryl methyl sites for hydroxylation is 1. The van der Waals surface area contributed by atoms with E-state index in [1.54, 1.807) is 18.3 Å². The summed E-state index contributed by atoms with van der Waals surface area (Å²) in [6, 6.07) is 0.289. The molecule has 2 aliphatic carbocycles. The van der Waals surface area contributed by atoms with E-state index in [2.05, 4.69) is 5.32 Å². The maximum atomic E-state index is 12.2. The molecule has 1 fully saturated rings. The van der Waals surface area contributed by atoms with Gasteiger partial charge in [0.05, 0.1) is 5.56 Å². The van der Waals surface area contributed by atoms with Crippen LogP contribution < -0.4 is 5.32 Å². The molecule has 20 heavy (non-hydrogen) atoms. The van der Waals surface area contributed by atoms with Crippen molar-refractivity contribution >= 4 is 23.2 Å². The number of rotatable bonds is 4. The highest BCUT2D eigenvalue weighted by Gasteiger charge is 2.28. The van der Waals surface area contributed by atoms with Crippen LogP contribution >= 0.6 is 11.3 Å². The average molecular weight is 293 g/mol. The van der Waals surface area contributed by atoms with E-state index in [4.69, 9.17) is 4.74 Å². The molecule has 0 radical (unpaired) electrons. The molecule has 4 nitrogen and oxygen atoms in total. The van der Waals surface area contributed by atoms with Crippen molar-refractivity contribution in [2.75, 3.05) is 0 Å². The third kappa shape index (κ3) is 2.87. The Morgan fingerprint density at radius 2 is 2.10 bits per heavy atom. The Morgan fingerprint density at radius 1 is 1.35 bits per heavy atom. The molecule has 1 aromatic rings. The first-order chi connectivity index (χ1) is 9.65. The molecule has 0 aliphatic heterocycles. The van der Waals surface area contributed by atoms with Crippen LogP contribution in [-0.2, 0) is 22.4 Å². The highest BCUT2D eigenvalue weighted by molar-refractivity contribution is 7.10. The van der Waals surface area contributed by atoms with E-state index >= 15 is 0 Å². The molecule has 108 valence electrons. The number of ether oxygens (including phenoxy) is 1. The van der Waals surface area contributed by atoms with Crippen LogP contribution in [-0.4, -0.2) is 24.0 Å². The lowest BCUT2D eigenvalue weighted by Gasteiger charge is -2.15. The zero-order valence-electron chi connectivity index (χ0n) is 11.6.